The molecule has 1 N–H and O–H groups in total. The molecule has 0 radical (unpaired) electrons. The van der Waals surface area contributed by atoms with Gasteiger partial charge in [-0.1, -0.05) is 44.9 Å². The predicted octanol–water partition coefficient (Wildman–Crippen LogP) is 2.88. The molecule has 138 valence electrons. The van der Waals surface area contributed by atoms with Crippen molar-refractivity contribution < 1.29 is 28.8 Å². The number of hydrogen-bond acceptors (Lipinski definition) is 5. The maximum atomic E-state index is 10.4. The van der Waals surface area contributed by atoms with Gasteiger partial charge in [0.05, 0.1) is 6.61 Å². The van der Waals surface area contributed by atoms with E-state index < -0.39 is 5.97 Å². The van der Waals surface area contributed by atoms with E-state index in [4.69, 9.17) is 24.1 Å². The number of rotatable bonds is 13. The maximum Gasteiger partial charge on any atom is 0.303 e. The van der Waals surface area contributed by atoms with Gasteiger partial charge in [-0.25, -0.2) is 0 Å². The van der Waals surface area contributed by atoms with E-state index in [9.17, 15) is 4.79 Å². The van der Waals surface area contributed by atoms with Crippen LogP contribution in [0.3, 0.4) is 0 Å². The van der Waals surface area contributed by atoms with Crippen molar-refractivity contribution in [3.63, 3.8) is 0 Å². The molecule has 5 atom stereocenters. The van der Waals surface area contributed by atoms with E-state index in [1.165, 1.54) is 32.1 Å². The van der Waals surface area contributed by atoms with Crippen LogP contribution in [0.1, 0.15) is 64.2 Å². The Labute approximate surface area is 143 Å². The van der Waals surface area contributed by atoms with Gasteiger partial charge in [0.1, 0.15) is 24.4 Å². The molecular formula is C18H30O6. The number of ether oxygens (including phenoxy) is 4. The van der Waals surface area contributed by atoms with Crippen molar-refractivity contribution in [3.8, 4) is 0 Å². The molecule has 0 unspecified atom stereocenters. The molecule has 2 bridgehead atoms. The Kier molecular flexibility index (Phi) is 6.89. The highest BCUT2D eigenvalue weighted by molar-refractivity contribution is 5.66. The van der Waals surface area contributed by atoms with Crippen LogP contribution < -0.4 is 0 Å². The molecule has 0 aromatic carbocycles. The molecule has 24 heavy (non-hydrogen) atoms. The standard InChI is InChI=1S/C18H30O6/c19-14(20)10-8-6-4-2-1-3-5-7-9-11-21-17-16-15(24-16)13-12-22-18(17)23-13/h13,15-18H,1-12H2,(H,19,20)/t13-,15+,16+,17-,18-/m1/s1. The van der Waals surface area contributed by atoms with Crippen molar-refractivity contribution in [1.82, 2.24) is 0 Å². The quantitative estimate of drug-likeness (QED) is 0.410. The number of aliphatic carboxylic acids is 1. The van der Waals surface area contributed by atoms with Gasteiger partial charge in [0.2, 0.25) is 0 Å². The van der Waals surface area contributed by atoms with E-state index in [-0.39, 0.29) is 30.7 Å². The average Bonchev–Trinajstić information content (AvgIpc) is 3.24. The minimum absolute atomic E-state index is 0.0421. The zero-order valence-corrected chi connectivity index (χ0v) is 14.4. The fourth-order valence-corrected chi connectivity index (χ4v) is 3.65. The average molecular weight is 342 g/mol. The molecule has 3 heterocycles. The van der Waals surface area contributed by atoms with Crippen molar-refractivity contribution in [1.29, 1.82) is 0 Å². The van der Waals surface area contributed by atoms with Crippen LogP contribution in [0.25, 0.3) is 0 Å². The van der Waals surface area contributed by atoms with Crippen LogP contribution in [0.15, 0.2) is 0 Å². The lowest BCUT2D eigenvalue weighted by Gasteiger charge is -2.24. The summed E-state index contributed by atoms with van der Waals surface area (Å²) in [6, 6.07) is 0. The van der Waals surface area contributed by atoms with Gasteiger partial charge in [-0.15, -0.1) is 0 Å². The minimum Gasteiger partial charge on any atom is -0.481 e. The highest BCUT2D eigenvalue weighted by Crippen LogP contribution is 2.42. The molecule has 3 fully saturated rings. The minimum atomic E-state index is -0.680. The van der Waals surface area contributed by atoms with Gasteiger partial charge in [0, 0.05) is 13.0 Å². The van der Waals surface area contributed by atoms with E-state index >= 15 is 0 Å². The molecular weight excluding hydrogens is 312 g/mol. The lowest BCUT2D eigenvalue weighted by Crippen LogP contribution is -2.41. The summed E-state index contributed by atoms with van der Waals surface area (Å²) in [6.07, 6.45) is 10.8. The third kappa shape index (κ3) is 5.15. The van der Waals surface area contributed by atoms with Gasteiger partial charge in [0.25, 0.3) is 0 Å². The van der Waals surface area contributed by atoms with Crippen molar-refractivity contribution >= 4 is 5.97 Å². The summed E-state index contributed by atoms with van der Waals surface area (Å²) < 4.78 is 22.9. The zero-order chi connectivity index (χ0) is 16.8. The number of carbonyl (C=O) groups is 1. The first-order valence-electron chi connectivity index (χ1n) is 9.51. The number of epoxide rings is 1. The monoisotopic (exact) mass is 342 g/mol. The highest BCUT2D eigenvalue weighted by Gasteiger charge is 2.61. The Morgan fingerprint density at radius 1 is 0.917 bits per heavy atom. The van der Waals surface area contributed by atoms with Crippen LogP contribution in [-0.2, 0) is 23.7 Å². The van der Waals surface area contributed by atoms with E-state index in [1.54, 1.807) is 0 Å². The second-order valence-corrected chi connectivity index (χ2v) is 7.10. The Balaban J connectivity index is 1.10. The smallest absolute Gasteiger partial charge is 0.303 e. The van der Waals surface area contributed by atoms with Crippen molar-refractivity contribution in [2.75, 3.05) is 13.2 Å². The lowest BCUT2D eigenvalue weighted by atomic mass is 10.1. The Bertz CT molecular complexity index is 401. The number of carboxylic acids is 1. The first-order valence-corrected chi connectivity index (χ1v) is 9.51. The highest BCUT2D eigenvalue weighted by atomic mass is 16.8. The second-order valence-electron chi connectivity index (χ2n) is 7.10. The van der Waals surface area contributed by atoms with Gasteiger partial charge in [-0.05, 0) is 12.8 Å². The molecule has 0 saturated carbocycles. The third-order valence-electron chi connectivity index (χ3n) is 5.10. The van der Waals surface area contributed by atoms with E-state index in [0.29, 0.717) is 13.0 Å². The molecule has 0 aliphatic carbocycles. The molecule has 3 saturated heterocycles. The fraction of sp³-hybridized carbons (Fsp3) is 0.944. The van der Waals surface area contributed by atoms with Gasteiger partial charge in [-0.2, -0.15) is 0 Å². The van der Waals surface area contributed by atoms with Gasteiger partial charge in [0.15, 0.2) is 6.29 Å². The molecule has 0 amide bonds. The van der Waals surface area contributed by atoms with Gasteiger partial charge >= 0.3 is 5.97 Å². The summed E-state index contributed by atoms with van der Waals surface area (Å²) in [5.41, 5.74) is 0. The molecule has 6 nitrogen and oxygen atoms in total. The predicted molar refractivity (Wildman–Crippen MR) is 86.8 cm³/mol. The first kappa shape index (κ1) is 18.1. The molecule has 3 aliphatic heterocycles. The lowest BCUT2D eigenvalue weighted by molar-refractivity contribution is -0.165. The summed E-state index contributed by atoms with van der Waals surface area (Å²) in [5, 5.41) is 8.56. The summed E-state index contributed by atoms with van der Waals surface area (Å²) in [5.74, 6) is -0.680. The van der Waals surface area contributed by atoms with E-state index in [1.807, 2.05) is 0 Å². The number of hydrogen-bond donors (Lipinski definition) is 1. The summed E-state index contributed by atoms with van der Waals surface area (Å²) in [6.45, 7) is 1.39. The largest absolute Gasteiger partial charge is 0.481 e. The van der Waals surface area contributed by atoms with Crippen molar-refractivity contribution in [2.45, 2.75) is 94.9 Å². The summed E-state index contributed by atoms with van der Waals surface area (Å²) >= 11 is 0. The summed E-state index contributed by atoms with van der Waals surface area (Å²) in [4.78, 5) is 10.4. The molecule has 0 spiro atoms. The molecule has 0 aromatic rings. The van der Waals surface area contributed by atoms with Crippen molar-refractivity contribution in [2.24, 2.45) is 0 Å². The molecule has 3 aliphatic rings. The van der Waals surface area contributed by atoms with Crippen LogP contribution in [0.5, 0.6) is 0 Å². The van der Waals surface area contributed by atoms with E-state index in [2.05, 4.69) is 0 Å². The molecule has 6 heteroatoms. The Hall–Kier alpha value is -0.690. The third-order valence-corrected chi connectivity index (χ3v) is 5.10. The van der Waals surface area contributed by atoms with Gasteiger partial charge < -0.3 is 24.1 Å². The topological polar surface area (TPSA) is 77.5 Å². The number of unbranched alkanes of at least 4 members (excludes halogenated alkanes) is 8. The Morgan fingerprint density at radius 3 is 2.29 bits per heavy atom. The maximum absolute atomic E-state index is 10.4. The Morgan fingerprint density at radius 2 is 1.58 bits per heavy atom. The normalized spacial score (nSPS) is 33.4. The summed E-state index contributed by atoms with van der Waals surface area (Å²) in [7, 11) is 0. The van der Waals surface area contributed by atoms with Crippen LogP contribution in [0.2, 0.25) is 0 Å². The van der Waals surface area contributed by atoms with Crippen LogP contribution in [0.4, 0.5) is 0 Å². The number of carboxylic acid groups (broad SMARTS) is 1. The number of fused-ring (bicyclic) bond motifs is 4. The van der Waals surface area contributed by atoms with Crippen LogP contribution in [-0.4, -0.2) is 55.0 Å². The van der Waals surface area contributed by atoms with Gasteiger partial charge in [-0.3, -0.25) is 4.79 Å². The second kappa shape index (κ2) is 9.13. The molecule has 3 rings (SSSR count). The molecule has 0 aromatic heterocycles. The zero-order valence-electron chi connectivity index (χ0n) is 14.4. The van der Waals surface area contributed by atoms with Crippen LogP contribution in [0, 0.1) is 0 Å². The first-order chi connectivity index (χ1) is 11.8. The van der Waals surface area contributed by atoms with Crippen LogP contribution >= 0.6 is 0 Å². The van der Waals surface area contributed by atoms with Crippen molar-refractivity contribution in [3.05, 3.63) is 0 Å². The SMILES string of the molecule is O=C(O)CCCCCCCCCCCO[C@H]1[C@@H]2OC[C@@H](O2)[C@@H]2O[C@@H]21. The fourth-order valence-electron chi connectivity index (χ4n) is 3.65. The van der Waals surface area contributed by atoms with E-state index in [0.717, 1.165) is 32.3 Å².